The smallest absolute Gasteiger partial charge is 0.303 e. The fraction of sp³-hybridized carbons (Fsp3) is 0.786. The first-order valence-electron chi connectivity index (χ1n) is 20.7. The highest BCUT2D eigenvalue weighted by Crippen LogP contribution is 2.65. The SMILES string of the molecule is CC(=O)O[C@@H]1[C@H](OC(C)=O)[C@H](C)O[C@H](n2cc(CN3C[C@@H](C)C[C@H]4O[C@]5(CC[C@@H]6C(=C5C)C[C@H]5[C@H]6CC=C6C[C@@H](O)CC[C@@]65C)[C@H](C)[C@@H]43)nn2)[C@H]1OC(C)=O. The molecule has 15 atom stereocenters. The van der Waals surface area contributed by atoms with Gasteiger partial charge in [-0.1, -0.05) is 43.2 Å². The molecule has 2 saturated carbocycles. The van der Waals surface area contributed by atoms with Crippen molar-refractivity contribution in [2.75, 3.05) is 6.54 Å². The van der Waals surface area contributed by atoms with E-state index < -0.39 is 48.6 Å². The Hall–Kier alpha value is -3.13. The van der Waals surface area contributed by atoms with Crippen LogP contribution in [0.1, 0.15) is 119 Å². The molecule has 1 aromatic rings. The number of likely N-dealkylation sites (tertiary alicyclic amines) is 1. The first kappa shape index (κ1) is 38.7. The molecule has 5 fully saturated rings. The zero-order valence-corrected chi connectivity index (χ0v) is 33.7. The van der Waals surface area contributed by atoms with E-state index in [0.717, 1.165) is 57.2 Å². The molecule has 13 heteroatoms. The van der Waals surface area contributed by atoms with Crippen molar-refractivity contribution in [3.8, 4) is 0 Å². The van der Waals surface area contributed by atoms with Crippen LogP contribution >= 0.6 is 0 Å². The topological polar surface area (TPSA) is 152 Å². The van der Waals surface area contributed by atoms with E-state index in [1.807, 2.05) is 0 Å². The molecule has 0 amide bonds. The third-order valence-corrected chi connectivity index (χ3v) is 14.9. The molecule has 1 spiro atoms. The number of fused-ring (bicyclic) bond motifs is 6. The van der Waals surface area contributed by atoms with E-state index in [-0.39, 0.29) is 35.2 Å². The molecule has 0 aromatic carbocycles. The molecule has 1 aromatic heterocycles. The number of aliphatic hydroxyl groups excluding tert-OH is 1. The van der Waals surface area contributed by atoms with Gasteiger partial charge in [-0.3, -0.25) is 19.3 Å². The number of aromatic nitrogens is 3. The summed E-state index contributed by atoms with van der Waals surface area (Å²) in [6.07, 6.45) is 7.61. The van der Waals surface area contributed by atoms with Crippen LogP contribution in [0.3, 0.4) is 0 Å². The van der Waals surface area contributed by atoms with E-state index in [1.54, 1.807) is 18.7 Å². The summed E-state index contributed by atoms with van der Waals surface area (Å²) >= 11 is 0. The highest BCUT2D eigenvalue weighted by atomic mass is 16.7. The lowest BCUT2D eigenvalue weighted by atomic mass is 9.56. The molecular formula is C42H60N4O9. The van der Waals surface area contributed by atoms with Crippen LogP contribution in [0, 0.1) is 35.0 Å². The fourth-order valence-electron chi connectivity index (χ4n) is 12.6. The van der Waals surface area contributed by atoms with Gasteiger partial charge in [-0.2, -0.15) is 0 Å². The third kappa shape index (κ3) is 6.58. The van der Waals surface area contributed by atoms with Crippen LogP contribution in [0.4, 0.5) is 0 Å². The molecule has 13 nitrogen and oxygen atoms in total. The number of ether oxygens (including phenoxy) is 5. The van der Waals surface area contributed by atoms with Gasteiger partial charge in [0.05, 0.1) is 35.8 Å². The van der Waals surface area contributed by atoms with Crippen LogP contribution in [-0.2, 0) is 44.6 Å². The Morgan fingerprint density at radius 1 is 0.982 bits per heavy atom. The van der Waals surface area contributed by atoms with Crippen molar-refractivity contribution in [2.24, 2.45) is 35.0 Å². The number of nitrogens with zero attached hydrogens (tertiary/aromatic N) is 4. The minimum atomic E-state index is -1.14. The van der Waals surface area contributed by atoms with Crippen LogP contribution in [0.5, 0.6) is 0 Å². The van der Waals surface area contributed by atoms with Crippen molar-refractivity contribution >= 4 is 17.9 Å². The second kappa shape index (κ2) is 14.4. The molecule has 7 aliphatic rings. The maximum atomic E-state index is 12.3. The standard InChI is InChI=1S/C42H60N4O9/c1-21-15-35-36(23(3)42(55-35)14-12-31-32-10-9-28-16-30(50)11-13-41(28,8)34(32)17-33(31)22(42)2)45(18-21)19-29-20-46(44-43-29)40-39(54-27(7)49)38(53-26(6)48)37(24(4)51-40)52-25(5)47/h9,20-21,23-24,30-32,34-40,50H,10-19H2,1-8H3/t21-,23+,24-,30-,31-,32-,34-,35+,36-,37+,38+,39-,40-,41-,42-/m0/s1. The zero-order valence-electron chi connectivity index (χ0n) is 33.7. The van der Waals surface area contributed by atoms with Crippen molar-refractivity contribution in [3.63, 3.8) is 0 Å². The maximum Gasteiger partial charge on any atom is 0.303 e. The summed E-state index contributed by atoms with van der Waals surface area (Å²) in [4.78, 5) is 39.1. The number of esters is 3. The van der Waals surface area contributed by atoms with E-state index in [4.69, 9.17) is 23.7 Å². The van der Waals surface area contributed by atoms with Crippen LogP contribution in [0.15, 0.2) is 29.0 Å². The van der Waals surface area contributed by atoms with Crippen molar-refractivity contribution in [3.05, 3.63) is 34.7 Å². The summed E-state index contributed by atoms with van der Waals surface area (Å²) in [5, 5.41) is 19.5. The van der Waals surface area contributed by atoms with Crippen LogP contribution in [0.2, 0.25) is 0 Å². The highest BCUT2D eigenvalue weighted by molar-refractivity contribution is 5.68. The lowest BCUT2D eigenvalue weighted by Gasteiger charge is -2.49. The number of carbonyl (C=O) groups excluding carboxylic acids is 3. The van der Waals surface area contributed by atoms with Crippen molar-refractivity contribution in [1.29, 1.82) is 0 Å². The first-order chi connectivity index (χ1) is 26.1. The molecule has 0 bridgehead atoms. The molecule has 55 heavy (non-hydrogen) atoms. The van der Waals surface area contributed by atoms with Gasteiger partial charge < -0.3 is 28.8 Å². The Labute approximate surface area is 324 Å². The van der Waals surface area contributed by atoms with E-state index in [9.17, 15) is 19.5 Å². The molecule has 8 rings (SSSR count). The summed E-state index contributed by atoms with van der Waals surface area (Å²) in [6, 6.07) is 0.209. The number of hydrogen-bond acceptors (Lipinski definition) is 12. The minimum Gasteiger partial charge on any atom is -0.456 e. The fourth-order valence-corrected chi connectivity index (χ4v) is 12.6. The van der Waals surface area contributed by atoms with Gasteiger partial charge in [-0.05, 0) is 99.9 Å². The van der Waals surface area contributed by atoms with Crippen LogP contribution in [-0.4, -0.2) is 97.7 Å². The first-order valence-corrected chi connectivity index (χ1v) is 20.7. The predicted molar refractivity (Wildman–Crippen MR) is 199 cm³/mol. The summed E-state index contributed by atoms with van der Waals surface area (Å²) in [6.45, 7) is 16.5. The lowest BCUT2D eigenvalue weighted by molar-refractivity contribution is -0.261. The van der Waals surface area contributed by atoms with Gasteiger partial charge in [0.2, 0.25) is 0 Å². The Kier molecular flexibility index (Phi) is 10.1. The Morgan fingerprint density at radius 2 is 1.69 bits per heavy atom. The molecule has 1 N–H and O–H groups in total. The monoisotopic (exact) mass is 764 g/mol. The summed E-state index contributed by atoms with van der Waals surface area (Å²) < 4.78 is 32.0. The average Bonchev–Trinajstić information content (AvgIpc) is 3.81. The quantitative estimate of drug-likeness (QED) is 0.230. The number of piperidine rings is 1. The molecule has 0 unspecified atom stereocenters. The molecule has 3 saturated heterocycles. The summed E-state index contributed by atoms with van der Waals surface area (Å²) in [5.41, 5.74) is 5.26. The third-order valence-electron chi connectivity index (χ3n) is 14.9. The Balaban J connectivity index is 1.03. The Bertz CT molecular complexity index is 1760. The second-order valence-electron chi connectivity index (χ2n) is 18.3. The predicted octanol–water partition coefficient (Wildman–Crippen LogP) is 5.22. The number of rotatable bonds is 6. The molecule has 0 radical (unpaired) electrons. The minimum absolute atomic E-state index is 0.105. The lowest BCUT2D eigenvalue weighted by Crippen LogP contribution is -2.58. The van der Waals surface area contributed by atoms with Gasteiger partial charge in [0.1, 0.15) is 0 Å². The number of hydrogen-bond donors (Lipinski definition) is 1. The van der Waals surface area contributed by atoms with Crippen LogP contribution < -0.4 is 0 Å². The average molecular weight is 765 g/mol. The highest BCUT2D eigenvalue weighted by Gasteiger charge is 2.62. The van der Waals surface area contributed by atoms with E-state index in [1.165, 1.54) is 43.0 Å². The summed E-state index contributed by atoms with van der Waals surface area (Å²) in [7, 11) is 0. The summed E-state index contributed by atoms with van der Waals surface area (Å²) in [5.74, 6) is 0.853. The number of allylic oxidation sites excluding steroid dienone is 2. The van der Waals surface area contributed by atoms with Crippen molar-refractivity contribution < 1.29 is 43.2 Å². The van der Waals surface area contributed by atoms with Crippen molar-refractivity contribution in [2.45, 2.75) is 168 Å². The van der Waals surface area contributed by atoms with Crippen molar-refractivity contribution in [1.82, 2.24) is 19.9 Å². The van der Waals surface area contributed by atoms with E-state index >= 15 is 0 Å². The number of aliphatic hydroxyl groups is 1. The molecule has 4 heterocycles. The largest absolute Gasteiger partial charge is 0.456 e. The van der Waals surface area contributed by atoms with Gasteiger partial charge >= 0.3 is 17.9 Å². The zero-order chi connectivity index (χ0) is 39.1. The maximum absolute atomic E-state index is 12.3. The molecule has 3 aliphatic heterocycles. The second-order valence-corrected chi connectivity index (χ2v) is 18.3. The molecule has 302 valence electrons. The van der Waals surface area contributed by atoms with Gasteiger partial charge in [0.15, 0.2) is 24.5 Å². The van der Waals surface area contributed by atoms with Crippen LogP contribution in [0.25, 0.3) is 0 Å². The molecular weight excluding hydrogens is 704 g/mol. The van der Waals surface area contributed by atoms with Gasteiger partial charge in [0, 0.05) is 45.8 Å². The van der Waals surface area contributed by atoms with Gasteiger partial charge in [-0.15, -0.1) is 5.10 Å². The Morgan fingerprint density at radius 3 is 2.42 bits per heavy atom. The number of carbonyl (C=O) groups is 3. The van der Waals surface area contributed by atoms with E-state index in [2.05, 4.69) is 49.0 Å². The van der Waals surface area contributed by atoms with Gasteiger partial charge in [-0.25, -0.2) is 4.68 Å². The van der Waals surface area contributed by atoms with E-state index in [0.29, 0.717) is 30.2 Å². The van der Waals surface area contributed by atoms with Gasteiger partial charge in [0.25, 0.3) is 0 Å². The molecule has 4 aliphatic carbocycles. The normalized spacial score (nSPS) is 43.9.